The minimum absolute atomic E-state index is 0.00449. The minimum Gasteiger partial charge on any atom is -0.351 e. The van der Waals surface area contributed by atoms with Crippen LogP contribution in [0.25, 0.3) is 0 Å². The van der Waals surface area contributed by atoms with E-state index in [9.17, 15) is 4.79 Å². The van der Waals surface area contributed by atoms with E-state index in [1.807, 2.05) is 0 Å². The van der Waals surface area contributed by atoms with Gasteiger partial charge in [0, 0.05) is 18.5 Å². The van der Waals surface area contributed by atoms with Crippen LogP contribution in [-0.4, -0.2) is 17.5 Å². The molecule has 15 heavy (non-hydrogen) atoms. The molecule has 1 saturated carbocycles. The van der Waals surface area contributed by atoms with Gasteiger partial charge in [0.05, 0.1) is 0 Å². The summed E-state index contributed by atoms with van der Waals surface area (Å²) in [6.07, 6.45) is 5.64. The summed E-state index contributed by atoms with van der Waals surface area (Å²) >= 11 is 0. The molecular weight excluding hydrogens is 188 g/mol. The molecule has 1 aliphatic carbocycles. The summed E-state index contributed by atoms with van der Waals surface area (Å²) in [6, 6.07) is 0.282. The first kappa shape index (κ1) is 12.5. The molecule has 0 radical (unpaired) electrons. The van der Waals surface area contributed by atoms with Crippen molar-refractivity contribution in [3.63, 3.8) is 0 Å². The Morgan fingerprint density at radius 1 is 1.47 bits per heavy atom. The quantitative estimate of drug-likeness (QED) is 0.686. The molecule has 0 heterocycles. The maximum atomic E-state index is 11.1. The highest BCUT2D eigenvalue weighted by atomic mass is 16.1. The van der Waals surface area contributed by atoms with Gasteiger partial charge in [-0.05, 0) is 45.4 Å². The monoisotopic (exact) mass is 212 g/mol. The second-order valence-corrected chi connectivity index (χ2v) is 5.29. The van der Waals surface area contributed by atoms with Crippen LogP contribution in [0.2, 0.25) is 0 Å². The molecule has 88 valence electrons. The van der Waals surface area contributed by atoms with Gasteiger partial charge in [0.25, 0.3) is 0 Å². The van der Waals surface area contributed by atoms with Crippen molar-refractivity contribution in [3.8, 4) is 0 Å². The van der Waals surface area contributed by atoms with Crippen LogP contribution in [0.5, 0.6) is 0 Å². The average Bonchev–Trinajstić information content (AvgIpc) is 2.25. The molecular formula is C12H24N2O. The lowest BCUT2D eigenvalue weighted by atomic mass is 9.90. The minimum atomic E-state index is -0.00449. The molecule has 0 saturated heterocycles. The van der Waals surface area contributed by atoms with Crippen LogP contribution in [0.3, 0.4) is 0 Å². The molecule has 2 unspecified atom stereocenters. The number of hydrogen-bond acceptors (Lipinski definition) is 2. The fraction of sp³-hybridized carbons (Fsp3) is 0.917. The van der Waals surface area contributed by atoms with Crippen molar-refractivity contribution in [3.05, 3.63) is 0 Å². The smallest absolute Gasteiger partial charge is 0.217 e. The zero-order valence-electron chi connectivity index (χ0n) is 10.2. The van der Waals surface area contributed by atoms with E-state index < -0.39 is 0 Å². The van der Waals surface area contributed by atoms with Crippen molar-refractivity contribution in [1.82, 2.24) is 5.32 Å². The van der Waals surface area contributed by atoms with Crippen molar-refractivity contribution >= 4 is 5.91 Å². The normalized spacial score (nSPS) is 34.3. The molecule has 3 nitrogen and oxygen atoms in total. The van der Waals surface area contributed by atoms with Crippen LogP contribution in [0, 0.1) is 5.92 Å². The Morgan fingerprint density at radius 2 is 2.13 bits per heavy atom. The number of rotatable bonds is 2. The summed E-state index contributed by atoms with van der Waals surface area (Å²) in [4.78, 5) is 11.1. The molecule has 0 aromatic heterocycles. The zero-order valence-corrected chi connectivity index (χ0v) is 10.2. The van der Waals surface area contributed by atoms with Crippen LogP contribution in [-0.2, 0) is 4.79 Å². The molecule has 1 rings (SSSR count). The average molecular weight is 212 g/mol. The fourth-order valence-corrected chi connectivity index (χ4v) is 2.60. The van der Waals surface area contributed by atoms with Gasteiger partial charge in [0.1, 0.15) is 0 Å². The molecule has 3 N–H and O–H groups in total. The van der Waals surface area contributed by atoms with E-state index in [0.717, 1.165) is 19.3 Å². The van der Waals surface area contributed by atoms with Gasteiger partial charge in [-0.15, -0.1) is 0 Å². The number of amides is 1. The van der Waals surface area contributed by atoms with E-state index >= 15 is 0 Å². The number of hydrogen-bond donors (Lipinski definition) is 2. The number of nitrogens with two attached hydrogens (primary N) is 1. The van der Waals surface area contributed by atoms with Crippen LogP contribution in [0.15, 0.2) is 0 Å². The van der Waals surface area contributed by atoms with E-state index in [-0.39, 0.29) is 17.5 Å². The highest BCUT2D eigenvalue weighted by Gasteiger charge is 2.30. The standard InChI is InChI=1S/C12H24N2O/c1-9(13)11-5-4-7-12(3,8-6-11)14-10(2)15/h9,11H,4-8,13H2,1-3H3,(H,14,15)/t9-,11?,12?/m1/s1. The molecule has 1 amide bonds. The van der Waals surface area contributed by atoms with Gasteiger partial charge in [-0.25, -0.2) is 0 Å². The Kier molecular flexibility index (Phi) is 4.14. The third-order valence-corrected chi connectivity index (χ3v) is 3.59. The predicted molar refractivity (Wildman–Crippen MR) is 62.4 cm³/mol. The summed E-state index contributed by atoms with van der Waals surface area (Å²) in [5.41, 5.74) is 5.93. The summed E-state index contributed by atoms with van der Waals surface area (Å²) in [6.45, 7) is 5.84. The third-order valence-electron chi connectivity index (χ3n) is 3.59. The highest BCUT2D eigenvalue weighted by Crippen LogP contribution is 2.31. The van der Waals surface area contributed by atoms with Gasteiger partial charge >= 0.3 is 0 Å². The van der Waals surface area contributed by atoms with Crippen molar-refractivity contribution in [2.75, 3.05) is 0 Å². The topological polar surface area (TPSA) is 55.1 Å². The van der Waals surface area contributed by atoms with Gasteiger partial charge in [-0.3, -0.25) is 4.79 Å². The van der Waals surface area contributed by atoms with E-state index in [0.29, 0.717) is 5.92 Å². The lowest BCUT2D eigenvalue weighted by Crippen LogP contribution is -2.44. The van der Waals surface area contributed by atoms with Gasteiger partial charge in [-0.2, -0.15) is 0 Å². The molecule has 1 fully saturated rings. The van der Waals surface area contributed by atoms with Gasteiger partial charge in [0.15, 0.2) is 0 Å². The highest BCUT2D eigenvalue weighted by molar-refractivity contribution is 5.73. The van der Waals surface area contributed by atoms with Crippen LogP contribution in [0.4, 0.5) is 0 Å². The van der Waals surface area contributed by atoms with Gasteiger partial charge in [-0.1, -0.05) is 6.42 Å². The van der Waals surface area contributed by atoms with Crippen molar-refractivity contribution < 1.29 is 4.79 Å². The Bertz CT molecular complexity index is 228. The fourth-order valence-electron chi connectivity index (χ4n) is 2.60. The Labute approximate surface area is 92.8 Å². The van der Waals surface area contributed by atoms with Crippen LogP contribution in [0.1, 0.15) is 52.9 Å². The van der Waals surface area contributed by atoms with E-state index in [2.05, 4.69) is 19.2 Å². The predicted octanol–water partition coefficient (Wildman–Crippen LogP) is 1.81. The SMILES string of the molecule is CC(=O)NC1(C)CCCC([C@@H](C)N)CC1. The molecule has 1 aliphatic rings. The van der Waals surface area contributed by atoms with E-state index in [4.69, 9.17) is 5.73 Å². The molecule has 0 aromatic carbocycles. The lowest BCUT2D eigenvalue weighted by molar-refractivity contribution is -0.120. The largest absolute Gasteiger partial charge is 0.351 e. The number of carbonyl (C=O) groups excluding carboxylic acids is 1. The van der Waals surface area contributed by atoms with Crippen LogP contribution >= 0.6 is 0 Å². The van der Waals surface area contributed by atoms with Crippen LogP contribution < -0.4 is 11.1 Å². The molecule has 3 heteroatoms. The first-order chi connectivity index (χ1) is 6.93. The molecule has 3 atom stereocenters. The summed E-state index contributed by atoms with van der Waals surface area (Å²) in [5.74, 6) is 0.706. The molecule has 0 aliphatic heterocycles. The third kappa shape index (κ3) is 3.82. The second kappa shape index (κ2) is 4.97. The van der Waals surface area contributed by atoms with E-state index in [1.54, 1.807) is 6.92 Å². The van der Waals surface area contributed by atoms with Crippen molar-refractivity contribution in [1.29, 1.82) is 0 Å². The molecule has 0 spiro atoms. The van der Waals surface area contributed by atoms with Gasteiger partial charge in [0.2, 0.25) is 5.91 Å². The Hall–Kier alpha value is -0.570. The number of nitrogens with one attached hydrogen (secondary N) is 1. The Balaban J connectivity index is 2.54. The van der Waals surface area contributed by atoms with Crippen molar-refractivity contribution in [2.24, 2.45) is 11.7 Å². The summed E-state index contributed by atoms with van der Waals surface area (Å²) in [7, 11) is 0. The summed E-state index contributed by atoms with van der Waals surface area (Å²) in [5, 5.41) is 3.08. The van der Waals surface area contributed by atoms with Crippen molar-refractivity contribution in [2.45, 2.75) is 64.5 Å². The summed E-state index contributed by atoms with van der Waals surface area (Å²) < 4.78 is 0. The second-order valence-electron chi connectivity index (χ2n) is 5.29. The lowest BCUT2D eigenvalue weighted by Gasteiger charge is -2.29. The molecule has 0 bridgehead atoms. The molecule has 0 aromatic rings. The van der Waals surface area contributed by atoms with E-state index in [1.165, 1.54) is 12.8 Å². The zero-order chi connectivity index (χ0) is 11.5. The van der Waals surface area contributed by atoms with Gasteiger partial charge < -0.3 is 11.1 Å². The Morgan fingerprint density at radius 3 is 2.67 bits per heavy atom. The first-order valence-corrected chi connectivity index (χ1v) is 5.97. The first-order valence-electron chi connectivity index (χ1n) is 5.97. The maximum Gasteiger partial charge on any atom is 0.217 e. The maximum absolute atomic E-state index is 11.1. The number of carbonyl (C=O) groups is 1.